The topological polar surface area (TPSA) is 85.4 Å². The van der Waals surface area contributed by atoms with Crippen molar-refractivity contribution in [3.8, 4) is 0 Å². The maximum atomic E-state index is 13.4. The van der Waals surface area contributed by atoms with Crippen LogP contribution in [0.1, 0.15) is 34.4 Å². The van der Waals surface area contributed by atoms with E-state index >= 15 is 0 Å². The van der Waals surface area contributed by atoms with E-state index in [0.29, 0.717) is 39.3 Å². The molecular weight excluding hydrogens is 287 g/mol. The molecule has 5 nitrogen and oxygen atoms in total. The lowest BCUT2D eigenvalue weighted by atomic mass is 10.0. The van der Waals surface area contributed by atoms with Crippen LogP contribution in [0.5, 0.6) is 0 Å². The molecule has 0 spiro atoms. The molecule has 1 aliphatic rings. The predicted octanol–water partition coefficient (Wildman–Crippen LogP) is 2.25. The number of aliphatic hydroxyl groups excluding tert-OH is 1. The normalized spacial score (nSPS) is 15.5. The third-order valence-corrected chi connectivity index (χ3v) is 3.85. The molecule has 0 aliphatic carbocycles. The summed E-state index contributed by atoms with van der Waals surface area (Å²) < 4.78 is 13.4. The van der Waals surface area contributed by atoms with Gasteiger partial charge >= 0.3 is 0 Å². The van der Waals surface area contributed by atoms with Gasteiger partial charge in [-0.1, -0.05) is 0 Å². The minimum atomic E-state index is -1.59. The fraction of sp³-hybridized carbons (Fsp3) is 0.188. The van der Waals surface area contributed by atoms with Gasteiger partial charge < -0.3 is 20.5 Å². The van der Waals surface area contributed by atoms with E-state index in [1.807, 2.05) is 0 Å². The molecule has 0 radical (unpaired) electrons. The fourth-order valence-corrected chi connectivity index (χ4v) is 2.77. The molecule has 22 heavy (non-hydrogen) atoms. The summed E-state index contributed by atoms with van der Waals surface area (Å²) in [5, 5.41) is 21.5. The van der Waals surface area contributed by atoms with Crippen molar-refractivity contribution in [3.63, 3.8) is 0 Å². The third-order valence-electron chi connectivity index (χ3n) is 3.85. The van der Waals surface area contributed by atoms with Crippen molar-refractivity contribution < 1.29 is 19.4 Å². The smallest absolute Gasteiger partial charge is 0.256 e. The second-order valence-electron chi connectivity index (χ2n) is 5.28. The number of benzene rings is 1. The highest BCUT2D eigenvalue weighted by molar-refractivity contribution is 6.34. The van der Waals surface area contributed by atoms with Gasteiger partial charge in [0.05, 0.1) is 5.57 Å². The Morgan fingerprint density at radius 3 is 2.64 bits per heavy atom. The molecule has 2 aromatic rings. The van der Waals surface area contributed by atoms with Gasteiger partial charge in [0.2, 0.25) is 0 Å². The van der Waals surface area contributed by atoms with Crippen LogP contribution in [0.15, 0.2) is 18.2 Å². The van der Waals surface area contributed by atoms with Crippen LogP contribution in [0, 0.1) is 19.7 Å². The fourth-order valence-electron chi connectivity index (χ4n) is 2.77. The van der Waals surface area contributed by atoms with E-state index in [-0.39, 0.29) is 5.91 Å². The number of anilines is 1. The molecule has 114 valence electrons. The molecule has 1 aliphatic heterocycles. The number of amides is 1. The average molecular weight is 302 g/mol. The number of nitrogens with one attached hydrogen (secondary N) is 2. The number of carbonyl (C=O) groups is 1. The Kier molecular flexibility index (Phi) is 3.35. The average Bonchev–Trinajstić information content (AvgIpc) is 2.88. The van der Waals surface area contributed by atoms with Gasteiger partial charge in [0.25, 0.3) is 5.91 Å². The standard InChI is InChI=1S/C16H15FN2O3/c1-7-13(18-8(2)14(7)16(21)22)6-11-10-5-9(17)3-4-12(10)19-15(11)20/h3-6,16,18,21-22H,1-2H3,(H,19,20)/b11-6-. The maximum Gasteiger partial charge on any atom is 0.256 e. The molecule has 4 N–H and O–H groups in total. The highest BCUT2D eigenvalue weighted by Gasteiger charge is 2.25. The van der Waals surface area contributed by atoms with Gasteiger partial charge in [-0.15, -0.1) is 0 Å². The number of halogens is 1. The molecule has 1 aromatic heterocycles. The monoisotopic (exact) mass is 302 g/mol. The van der Waals surface area contributed by atoms with Crippen molar-refractivity contribution in [1.29, 1.82) is 0 Å². The van der Waals surface area contributed by atoms with Crippen molar-refractivity contribution in [2.45, 2.75) is 20.1 Å². The van der Waals surface area contributed by atoms with Crippen molar-refractivity contribution in [1.82, 2.24) is 4.98 Å². The summed E-state index contributed by atoms with van der Waals surface area (Å²) >= 11 is 0. The molecule has 1 amide bonds. The lowest BCUT2D eigenvalue weighted by Crippen LogP contribution is -2.03. The first-order valence-corrected chi connectivity index (χ1v) is 6.76. The molecular formula is C16H15FN2O3. The number of carbonyl (C=O) groups excluding carboxylic acids is 1. The van der Waals surface area contributed by atoms with Crippen LogP contribution in [-0.4, -0.2) is 21.1 Å². The first-order valence-electron chi connectivity index (χ1n) is 6.76. The SMILES string of the molecule is Cc1[nH]c(/C=C2\C(=O)Nc3ccc(F)cc32)c(C)c1C(O)O. The number of H-pyrrole nitrogens is 1. The Morgan fingerprint density at radius 1 is 1.27 bits per heavy atom. The van der Waals surface area contributed by atoms with E-state index in [1.165, 1.54) is 18.2 Å². The number of rotatable bonds is 2. The lowest BCUT2D eigenvalue weighted by molar-refractivity contribution is -0.110. The molecule has 0 saturated heterocycles. The molecule has 0 fully saturated rings. The third kappa shape index (κ3) is 2.22. The van der Waals surface area contributed by atoms with Gasteiger partial charge in [-0.3, -0.25) is 4.79 Å². The van der Waals surface area contributed by atoms with Gasteiger partial charge in [0.1, 0.15) is 5.82 Å². The van der Waals surface area contributed by atoms with E-state index in [2.05, 4.69) is 10.3 Å². The summed E-state index contributed by atoms with van der Waals surface area (Å²) in [6.07, 6.45) is -0.0000136. The first kappa shape index (κ1) is 14.5. The number of aryl methyl sites for hydroxylation is 1. The van der Waals surface area contributed by atoms with Crippen molar-refractivity contribution >= 4 is 23.2 Å². The summed E-state index contributed by atoms with van der Waals surface area (Å²) in [6, 6.07) is 4.09. The van der Waals surface area contributed by atoms with Crippen molar-refractivity contribution in [3.05, 3.63) is 52.1 Å². The Bertz CT molecular complexity index is 806. The first-order chi connectivity index (χ1) is 10.4. The van der Waals surface area contributed by atoms with Crippen molar-refractivity contribution in [2.75, 3.05) is 5.32 Å². The van der Waals surface area contributed by atoms with Gasteiger partial charge in [0, 0.05) is 28.2 Å². The summed E-state index contributed by atoms with van der Waals surface area (Å²) in [5.74, 6) is -0.745. The zero-order chi connectivity index (χ0) is 16.0. The van der Waals surface area contributed by atoms with Crippen LogP contribution in [0.3, 0.4) is 0 Å². The predicted molar refractivity (Wildman–Crippen MR) is 80.3 cm³/mol. The molecule has 2 heterocycles. The maximum absolute atomic E-state index is 13.4. The zero-order valence-electron chi connectivity index (χ0n) is 12.1. The Balaban J connectivity index is 2.13. The number of aliphatic hydroxyl groups is 2. The van der Waals surface area contributed by atoms with Gasteiger partial charge in [-0.2, -0.15) is 0 Å². The highest BCUT2D eigenvalue weighted by Crippen LogP contribution is 2.34. The molecule has 0 atom stereocenters. The number of aromatic nitrogens is 1. The Labute approximate surface area is 126 Å². The number of hydrogen-bond acceptors (Lipinski definition) is 3. The van der Waals surface area contributed by atoms with E-state index in [4.69, 9.17) is 0 Å². The van der Waals surface area contributed by atoms with E-state index in [9.17, 15) is 19.4 Å². The summed E-state index contributed by atoms with van der Waals surface area (Å²) in [5.41, 5.74) is 3.59. The largest absolute Gasteiger partial charge is 0.364 e. The van der Waals surface area contributed by atoms with Crippen LogP contribution in [-0.2, 0) is 4.79 Å². The molecule has 3 rings (SSSR count). The number of hydrogen-bond donors (Lipinski definition) is 4. The molecule has 6 heteroatoms. The summed E-state index contributed by atoms with van der Waals surface area (Å²) in [6.45, 7) is 3.44. The minimum Gasteiger partial charge on any atom is -0.364 e. The molecule has 0 bridgehead atoms. The zero-order valence-corrected chi connectivity index (χ0v) is 12.1. The molecule has 0 unspecified atom stereocenters. The molecule has 1 aromatic carbocycles. The van der Waals surface area contributed by atoms with Gasteiger partial charge in [-0.05, 0) is 43.7 Å². The quantitative estimate of drug-likeness (QED) is 0.507. The Morgan fingerprint density at radius 2 is 2.00 bits per heavy atom. The van der Waals surface area contributed by atoms with Crippen LogP contribution in [0.4, 0.5) is 10.1 Å². The van der Waals surface area contributed by atoms with Crippen LogP contribution < -0.4 is 5.32 Å². The van der Waals surface area contributed by atoms with Crippen LogP contribution in [0.2, 0.25) is 0 Å². The van der Waals surface area contributed by atoms with Gasteiger partial charge in [-0.25, -0.2) is 4.39 Å². The van der Waals surface area contributed by atoms with E-state index in [1.54, 1.807) is 19.9 Å². The second-order valence-corrected chi connectivity index (χ2v) is 5.28. The summed E-state index contributed by atoms with van der Waals surface area (Å²) in [7, 11) is 0. The van der Waals surface area contributed by atoms with Crippen molar-refractivity contribution in [2.24, 2.45) is 0 Å². The minimum absolute atomic E-state index is 0.321. The van der Waals surface area contributed by atoms with E-state index < -0.39 is 12.1 Å². The van der Waals surface area contributed by atoms with E-state index in [0.717, 1.165) is 0 Å². The highest BCUT2D eigenvalue weighted by atomic mass is 19.1. The molecule has 0 saturated carbocycles. The second kappa shape index (κ2) is 5.08. The number of aromatic amines is 1. The van der Waals surface area contributed by atoms with Crippen LogP contribution >= 0.6 is 0 Å². The number of fused-ring (bicyclic) bond motifs is 1. The Hall–Kier alpha value is -2.44. The van der Waals surface area contributed by atoms with Crippen LogP contribution in [0.25, 0.3) is 11.6 Å². The lowest BCUT2D eigenvalue weighted by Gasteiger charge is -2.04. The summed E-state index contributed by atoms with van der Waals surface area (Å²) in [4.78, 5) is 15.1. The van der Waals surface area contributed by atoms with Gasteiger partial charge in [0.15, 0.2) is 6.29 Å².